The molecule has 0 saturated carbocycles. The van der Waals surface area contributed by atoms with Gasteiger partial charge in [-0.05, 0) is 26.3 Å². The van der Waals surface area contributed by atoms with Crippen LogP contribution in [0.4, 0.5) is 5.69 Å². The lowest BCUT2D eigenvalue weighted by molar-refractivity contribution is -0.385. The second-order valence-corrected chi connectivity index (χ2v) is 4.65. The van der Waals surface area contributed by atoms with Crippen LogP contribution in [0.2, 0.25) is 0 Å². The van der Waals surface area contributed by atoms with Crippen molar-refractivity contribution >= 4 is 11.6 Å². The van der Waals surface area contributed by atoms with E-state index in [-0.39, 0.29) is 11.4 Å². The predicted octanol–water partition coefficient (Wildman–Crippen LogP) is 0.951. The molecule has 0 aliphatic carbocycles. The number of aromatic amines is 1. The van der Waals surface area contributed by atoms with Crippen LogP contribution in [0.25, 0.3) is 0 Å². The molecule has 0 aromatic carbocycles. The lowest BCUT2D eigenvalue weighted by Crippen LogP contribution is -2.26. The first-order chi connectivity index (χ1) is 9.99. The number of nitrogens with one attached hydrogen (secondary N) is 2. The number of nitro groups is 1. The van der Waals surface area contributed by atoms with Gasteiger partial charge in [-0.1, -0.05) is 0 Å². The zero-order valence-corrected chi connectivity index (χ0v) is 11.8. The molecular formula is C12H16N6O3. The van der Waals surface area contributed by atoms with E-state index in [0.29, 0.717) is 19.5 Å². The Labute approximate surface area is 120 Å². The van der Waals surface area contributed by atoms with Crippen LogP contribution in [0.3, 0.4) is 0 Å². The Morgan fingerprint density at radius 2 is 2.29 bits per heavy atom. The first kappa shape index (κ1) is 14.7. The molecule has 0 unspecified atom stereocenters. The lowest BCUT2D eigenvalue weighted by atomic mass is 10.3. The molecule has 2 aromatic rings. The average Bonchev–Trinajstić information content (AvgIpc) is 3.01. The van der Waals surface area contributed by atoms with E-state index in [0.717, 1.165) is 17.6 Å². The van der Waals surface area contributed by atoms with Gasteiger partial charge < -0.3 is 5.32 Å². The maximum atomic E-state index is 11.8. The fourth-order valence-electron chi connectivity index (χ4n) is 2.01. The normalized spacial score (nSPS) is 10.6. The summed E-state index contributed by atoms with van der Waals surface area (Å²) in [4.78, 5) is 21.9. The SMILES string of the molecule is Cc1cc(C)n(CCCNC(=O)c2[nH]ncc2[N+](=O)[O-])n1. The molecular weight excluding hydrogens is 276 g/mol. The first-order valence-corrected chi connectivity index (χ1v) is 6.46. The zero-order chi connectivity index (χ0) is 15.4. The summed E-state index contributed by atoms with van der Waals surface area (Å²) >= 11 is 0. The Morgan fingerprint density at radius 3 is 2.90 bits per heavy atom. The predicted molar refractivity (Wildman–Crippen MR) is 73.9 cm³/mol. The van der Waals surface area contributed by atoms with Crippen molar-refractivity contribution in [2.75, 3.05) is 6.54 Å². The van der Waals surface area contributed by atoms with Gasteiger partial charge in [0.2, 0.25) is 5.69 Å². The molecule has 0 radical (unpaired) electrons. The topological polar surface area (TPSA) is 119 Å². The Hall–Kier alpha value is -2.71. The Kier molecular flexibility index (Phi) is 4.31. The number of carbonyl (C=O) groups is 1. The lowest BCUT2D eigenvalue weighted by Gasteiger charge is -2.05. The van der Waals surface area contributed by atoms with Crippen molar-refractivity contribution in [1.29, 1.82) is 0 Å². The number of H-pyrrole nitrogens is 1. The van der Waals surface area contributed by atoms with Gasteiger partial charge in [-0.3, -0.25) is 24.7 Å². The van der Waals surface area contributed by atoms with Gasteiger partial charge in [-0.25, -0.2) is 0 Å². The molecule has 9 nitrogen and oxygen atoms in total. The van der Waals surface area contributed by atoms with E-state index in [1.54, 1.807) is 0 Å². The average molecular weight is 292 g/mol. The molecule has 9 heteroatoms. The van der Waals surface area contributed by atoms with E-state index in [9.17, 15) is 14.9 Å². The smallest absolute Gasteiger partial charge is 0.319 e. The van der Waals surface area contributed by atoms with E-state index in [4.69, 9.17) is 0 Å². The number of carbonyl (C=O) groups excluding carboxylic acids is 1. The number of hydrogen-bond donors (Lipinski definition) is 2. The standard InChI is InChI=1S/C12H16N6O3/c1-8-6-9(2)17(16-8)5-3-4-13-12(19)11-10(18(20)21)7-14-15-11/h6-7H,3-5H2,1-2H3,(H,13,19)(H,14,15). The molecule has 0 atom stereocenters. The molecule has 0 bridgehead atoms. The van der Waals surface area contributed by atoms with Gasteiger partial charge in [-0.15, -0.1) is 0 Å². The first-order valence-electron chi connectivity index (χ1n) is 6.46. The van der Waals surface area contributed by atoms with Gasteiger partial charge in [0.05, 0.1) is 10.6 Å². The summed E-state index contributed by atoms with van der Waals surface area (Å²) in [6, 6.07) is 1.98. The van der Waals surface area contributed by atoms with Crippen LogP contribution < -0.4 is 5.32 Å². The van der Waals surface area contributed by atoms with Crippen LogP contribution in [0.5, 0.6) is 0 Å². The Balaban J connectivity index is 1.83. The highest BCUT2D eigenvalue weighted by molar-refractivity contribution is 5.95. The second kappa shape index (κ2) is 6.16. The van der Waals surface area contributed by atoms with Crippen molar-refractivity contribution in [1.82, 2.24) is 25.3 Å². The summed E-state index contributed by atoms with van der Waals surface area (Å²) in [7, 11) is 0. The van der Waals surface area contributed by atoms with Crippen molar-refractivity contribution in [3.05, 3.63) is 39.5 Å². The number of amides is 1. The van der Waals surface area contributed by atoms with Crippen molar-refractivity contribution in [3.63, 3.8) is 0 Å². The minimum atomic E-state index is -0.645. The van der Waals surface area contributed by atoms with Crippen LogP contribution in [-0.2, 0) is 6.54 Å². The minimum absolute atomic E-state index is 0.133. The van der Waals surface area contributed by atoms with E-state index in [1.807, 2.05) is 24.6 Å². The molecule has 21 heavy (non-hydrogen) atoms. The van der Waals surface area contributed by atoms with Gasteiger partial charge in [-0.2, -0.15) is 10.2 Å². The molecule has 0 fully saturated rings. The molecule has 112 valence electrons. The number of aromatic nitrogens is 4. The number of nitrogens with zero attached hydrogens (tertiary/aromatic N) is 4. The van der Waals surface area contributed by atoms with Crippen molar-refractivity contribution in [3.8, 4) is 0 Å². The third-order valence-electron chi connectivity index (χ3n) is 2.98. The highest BCUT2D eigenvalue weighted by atomic mass is 16.6. The molecule has 0 aliphatic rings. The van der Waals surface area contributed by atoms with Crippen LogP contribution in [0.15, 0.2) is 12.3 Å². The monoisotopic (exact) mass is 292 g/mol. The Morgan fingerprint density at radius 1 is 1.52 bits per heavy atom. The maximum absolute atomic E-state index is 11.8. The summed E-state index contributed by atoms with van der Waals surface area (Å²) in [5, 5.41) is 23.5. The van der Waals surface area contributed by atoms with E-state index in [2.05, 4.69) is 20.6 Å². The molecule has 0 aliphatic heterocycles. The third kappa shape index (κ3) is 3.44. The van der Waals surface area contributed by atoms with Crippen molar-refractivity contribution < 1.29 is 9.72 Å². The van der Waals surface area contributed by atoms with Crippen molar-refractivity contribution in [2.45, 2.75) is 26.8 Å². The van der Waals surface area contributed by atoms with Gasteiger partial charge in [0.25, 0.3) is 5.91 Å². The summed E-state index contributed by atoms with van der Waals surface area (Å²) < 4.78 is 1.86. The van der Waals surface area contributed by atoms with Crippen LogP contribution in [-0.4, -0.2) is 37.4 Å². The summed E-state index contributed by atoms with van der Waals surface area (Å²) in [5.41, 5.74) is 1.55. The molecule has 0 saturated heterocycles. The van der Waals surface area contributed by atoms with E-state index in [1.165, 1.54) is 0 Å². The molecule has 0 spiro atoms. The maximum Gasteiger partial charge on any atom is 0.319 e. The zero-order valence-electron chi connectivity index (χ0n) is 11.8. The Bertz CT molecular complexity index is 660. The van der Waals surface area contributed by atoms with Gasteiger partial charge >= 0.3 is 5.69 Å². The summed E-state index contributed by atoms with van der Waals surface area (Å²) in [6.07, 6.45) is 1.69. The summed E-state index contributed by atoms with van der Waals surface area (Å²) in [5.74, 6) is -0.535. The van der Waals surface area contributed by atoms with Crippen LogP contribution in [0, 0.1) is 24.0 Å². The molecule has 1 amide bonds. The third-order valence-corrected chi connectivity index (χ3v) is 2.98. The van der Waals surface area contributed by atoms with Gasteiger partial charge in [0.1, 0.15) is 6.20 Å². The highest BCUT2D eigenvalue weighted by Crippen LogP contribution is 2.13. The molecule has 2 rings (SSSR count). The largest absolute Gasteiger partial charge is 0.350 e. The summed E-state index contributed by atoms with van der Waals surface area (Å²) in [6.45, 7) is 4.95. The quantitative estimate of drug-likeness (QED) is 0.467. The fourth-order valence-corrected chi connectivity index (χ4v) is 2.01. The highest BCUT2D eigenvalue weighted by Gasteiger charge is 2.22. The second-order valence-electron chi connectivity index (χ2n) is 4.65. The molecule has 2 aromatic heterocycles. The number of rotatable bonds is 6. The fraction of sp³-hybridized carbons (Fsp3) is 0.417. The minimum Gasteiger partial charge on any atom is -0.350 e. The molecule has 2 heterocycles. The number of aryl methyl sites for hydroxylation is 3. The van der Waals surface area contributed by atoms with Gasteiger partial charge in [0, 0.05) is 18.8 Å². The number of hydrogen-bond acceptors (Lipinski definition) is 5. The van der Waals surface area contributed by atoms with E-state index >= 15 is 0 Å². The van der Waals surface area contributed by atoms with Crippen LogP contribution >= 0.6 is 0 Å². The molecule has 2 N–H and O–H groups in total. The van der Waals surface area contributed by atoms with Crippen LogP contribution in [0.1, 0.15) is 28.3 Å². The van der Waals surface area contributed by atoms with E-state index < -0.39 is 10.8 Å². The van der Waals surface area contributed by atoms with Crippen molar-refractivity contribution in [2.24, 2.45) is 0 Å². The van der Waals surface area contributed by atoms with Gasteiger partial charge in [0.15, 0.2) is 0 Å².